The van der Waals surface area contributed by atoms with Crippen LogP contribution in [0.25, 0.3) is 22.6 Å². The molecule has 4 aromatic rings. The van der Waals surface area contributed by atoms with E-state index in [1.54, 1.807) is 19.3 Å². The zero-order chi connectivity index (χ0) is 23.5. The molecule has 1 aliphatic heterocycles. The van der Waals surface area contributed by atoms with Gasteiger partial charge in [-0.05, 0) is 59.2 Å². The number of hydrogen-bond donors (Lipinski definition) is 0. The Morgan fingerprint density at radius 3 is 2.44 bits per heavy atom. The summed E-state index contributed by atoms with van der Waals surface area (Å²) in [5.41, 5.74) is 4.41. The molecular formula is C30H24O4. The summed E-state index contributed by atoms with van der Waals surface area (Å²) in [5.74, 6) is 1.43. The molecule has 34 heavy (non-hydrogen) atoms. The minimum absolute atomic E-state index is 0.369. The minimum atomic E-state index is -0.369. The van der Waals surface area contributed by atoms with Crippen LogP contribution >= 0.6 is 0 Å². The fourth-order valence-corrected chi connectivity index (χ4v) is 3.91. The lowest BCUT2D eigenvalue weighted by Crippen LogP contribution is -1.99. The van der Waals surface area contributed by atoms with E-state index < -0.39 is 0 Å². The lowest BCUT2D eigenvalue weighted by molar-refractivity contribution is -0.130. The summed E-state index contributed by atoms with van der Waals surface area (Å²) in [7, 11) is 1.61. The maximum absolute atomic E-state index is 12.4. The number of hydrogen-bond acceptors (Lipinski definition) is 4. The van der Waals surface area contributed by atoms with Crippen LogP contribution in [-0.2, 0) is 16.1 Å². The van der Waals surface area contributed by atoms with Gasteiger partial charge in [0.25, 0.3) is 0 Å². The van der Waals surface area contributed by atoms with Gasteiger partial charge in [-0.25, -0.2) is 4.79 Å². The molecule has 0 N–H and O–H groups in total. The Kier molecular flexibility index (Phi) is 5.88. The van der Waals surface area contributed by atoms with E-state index in [0.29, 0.717) is 29.4 Å². The van der Waals surface area contributed by atoms with E-state index in [-0.39, 0.29) is 5.97 Å². The van der Waals surface area contributed by atoms with Crippen molar-refractivity contribution in [2.75, 3.05) is 7.11 Å². The summed E-state index contributed by atoms with van der Waals surface area (Å²) in [6.07, 6.45) is 3.56. The molecule has 0 radical (unpaired) electrons. The third kappa shape index (κ3) is 4.57. The Bertz CT molecular complexity index is 1430. The van der Waals surface area contributed by atoms with Crippen molar-refractivity contribution >= 4 is 28.6 Å². The van der Waals surface area contributed by atoms with E-state index in [4.69, 9.17) is 14.2 Å². The number of carbonyl (C=O) groups is 1. The van der Waals surface area contributed by atoms with E-state index in [9.17, 15) is 4.79 Å². The summed E-state index contributed by atoms with van der Waals surface area (Å²) >= 11 is 0. The van der Waals surface area contributed by atoms with Gasteiger partial charge in [-0.15, -0.1) is 0 Å². The number of aryl methyl sites for hydroxylation is 1. The molecule has 0 unspecified atom stereocenters. The highest BCUT2D eigenvalue weighted by molar-refractivity contribution is 6.05. The smallest absolute Gasteiger partial charge is 0.343 e. The zero-order valence-corrected chi connectivity index (χ0v) is 19.1. The zero-order valence-electron chi connectivity index (χ0n) is 19.1. The van der Waals surface area contributed by atoms with E-state index >= 15 is 0 Å². The summed E-state index contributed by atoms with van der Waals surface area (Å²) < 4.78 is 17.1. The Hall–Kier alpha value is -4.31. The molecule has 0 saturated carbocycles. The highest BCUT2D eigenvalue weighted by atomic mass is 16.5. The number of ether oxygens (including phenoxy) is 3. The maximum atomic E-state index is 12.4. The fraction of sp³-hybridized carbons (Fsp3) is 0.100. The number of rotatable bonds is 6. The Morgan fingerprint density at radius 2 is 1.65 bits per heavy atom. The van der Waals surface area contributed by atoms with Crippen molar-refractivity contribution in [1.82, 2.24) is 0 Å². The van der Waals surface area contributed by atoms with Gasteiger partial charge in [0.1, 0.15) is 12.4 Å². The molecule has 0 saturated heterocycles. The summed E-state index contributed by atoms with van der Waals surface area (Å²) in [6, 6.07) is 28.0. The number of esters is 1. The molecule has 1 aliphatic rings. The number of carbonyl (C=O) groups excluding carboxylic acids is 1. The molecule has 0 aliphatic carbocycles. The topological polar surface area (TPSA) is 44.8 Å². The molecule has 0 spiro atoms. The normalized spacial score (nSPS) is 14.2. The maximum Gasteiger partial charge on any atom is 0.343 e. The molecule has 4 aromatic carbocycles. The molecule has 0 bridgehead atoms. The first-order valence-electron chi connectivity index (χ1n) is 11.1. The monoisotopic (exact) mass is 448 g/mol. The summed E-state index contributed by atoms with van der Waals surface area (Å²) in [4.78, 5) is 12.4. The second kappa shape index (κ2) is 9.28. The molecule has 0 atom stereocenters. The van der Waals surface area contributed by atoms with E-state index in [1.165, 1.54) is 10.8 Å². The highest BCUT2D eigenvalue weighted by Crippen LogP contribution is 2.32. The Labute approximate surface area is 198 Å². The van der Waals surface area contributed by atoms with E-state index in [0.717, 1.165) is 22.3 Å². The van der Waals surface area contributed by atoms with Crippen LogP contribution in [0.15, 0.2) is 96.6 Å². The van der Waals surface area contributed by atoms with Crippen molar-refractivity contribution in [3.63, 3.8) is 0 Å². The van der Waals surface area contributed by atoms with Crippen LogP contribution < -0.4 is 9.47 Å². The second-order valence-electron chi connectivity index (χ2n) is 8.24. The molecule has 0 fully saturated rings. The molecule has 1 heterocycles. The van der Waals surface area contributed by atoms with Crippen molar-refractivity contribution in [2.45, 2.75) is 13.5 Å². The number of methoxy groups -OCH3 is 1. The van der Waals surface area contributed by atoms with Crippen LogP contribution in [0.4, 0.5) is 0 Å². The lowest BCUT2D eigenvalue weighted by atomic mass is 10.1. The van der Waals surface area contributed by atoms with Crippen molar-refractivity contribution in [3.05, 3.63) is 119 Å². The van der Waals surface area contributed by atoms with Crippen LogP contribution in [0.2, 0.25) is 0 Å². The Balaban J connectivity index is 1.34. The number of benzene rings is 4. The lowest BCUT2D eigenvalue weighted by Gasteiger charge is -2.12. The highest BCUT2D eigenvalue weighted by Gasteiger charge is 2.22. The molecule has 168 valence electrons. The van der Waals surface area contributed by atoms with Crippen molar-refractivity contribution in [3.8, 4) is 11.5 Å². The van der Waals surface area contributed by atoms with Gasteiger partial charge in [0.05, 0.1) is 12.7 Å². The van der Waals surface area contributed by atoms with Gasteiger partial charge in [-0.3, -0.25) is 0 Å². The molecule has 0 aromatic heterocycles. The van der Waals surface area contributed by atoms with E-state index in [2.05, 4.69) is 30.3 Å². The van der Waals surface area contributed by atoms with Gasteiger partial charge in [-0.2, -0.15) is 0 Å². The Morgan fingerprint density at radius 1 is 0.853 bits per heavy atom. The van der Waals surface area contributed by atoms with Gasteiger partial charge in [0.15, 0.2) is 11.5 Å². The van der Waals surface area contributed by atoms with Gasteiger partial charge in [-0.1, -0.05) is 72.3 Å². The molecule has 0 amide bonds. The predicted molar refractivity (Wildman–Crippen MR) is 134 cm³/mol. The number of fused-ring (bicyclic) bond motifs is 1. The average Bonchev–Trinajstić information content (AvgIpc) is 3.23. The van der Waals surface area contributed by atoms with Crippen LogP contribution in [0, 0.1) is 6.92 Å². The second-order valence-corrected chi connectivity index (χ2v) is 8.24. The SMILES string of the molecule is COc1cc(/C=C2/C=C(c3ccc(C)cc3)OC2=O)ccc1OCc1ccc2ccccc2c1. The summed E-state index contributed by atoms with van der Waals surface area (Å²) in [6.45, 7) is 2.45. The van der Waals surface area contributed by atoms with Crippen LogP contribution in [0.3, 0.4) is 0 Å². The van der Waals surface area contributed by atoms with Gasteiger partial charge < -0.3 is 14.2 Å². The van der Waals surface area contributed by atoms with Crippen LogP contribution in [0.1, 0.15) is 22.3 Å². The first-order valence-corrected chi connectivity index (χ1v) is 11.1. The van der Waals surface area contributed by atoms with Gasteiger partial charge >= 0.3 is 5.97 Å². The summed E-state index contributed by atoms with van der Waals surface area (Å²) in [5, 5.41) is 2.38. The first-order chi connectivity index (χ1) is 16.6. The van der Waals surface area contributed by atoms with Crippen molar-refractivity contribution in [1.29, 1.82) is 0 Å². The van der Waals surface area contributed by atoms with Crippen LogP contribution in [-0.4, -0.2) is 13.1 Å². The minimum Gasteiger partial charge on any atom is -0.493 e. The van der Waals surface area contributed by atoms with Gasteiger partial charge in [0, 0.05) is 5.56 Å². The quantitative estimate of drug-likeness (QED) is 0.243. The number of cyclic esters (lactones) is 1. The predicted octanol–water partition coefficient (Wildman–Crippen LogP) is 6.72. The standard InChI is InChI=1S/C30H24O4/c1-20-7-11-24(12-8-20)28-18-26(30(31)34-28)15-21-10-14-27(29(17-21)32-2)33-19-22-9-13-23-5-3-4-6-25(23)16-22/h3-18H,19H2,1-2H3/b26-15-. The van der Waals surface area contributed by atoms with Gasteiger partial charge in [0.2, 0.25) is 0 Å². The molecule has 5 rings (SSSR count). The third-order valence-electron chi connectivity index (χ3n) is 5.78. The van der Waals surface area contributed by atoms with Crippen LogP contribution in [0.5, 0.6) is 11.5 Å². The van der Waals surface area contributed by atoms with Crippen molar-refractivity contribution < 1.29 is 19.0 Å². The van der Waals surface area contributed by atoms with Crippen molar-refractivity contribution in [2.24, 2.45) is 0 Å². The first kappa shape index (κ1) is 21.5. The fourth-order valence-electron chi connectivity index (χ4n) is 3.91. The molecular weight excluding hydrogens is 424 g/mol. The third-order valence-corrected chi connectivity index (χ3v) is 5.78. The molecule has 4 nitrogen and oxygen atoms in total. The van der Waals surface area contributed by atoms with E-state index in [1.807, 2.05) is 61.5 Å². The average molecular weight is 449 g/mol. The largest absolute Gasteiger partial charge is 0.493 e. The molecule has 4 heteroatoms.